The van der Waals surface area contributed by atoms with Crippen molar-refractivity contribution in [3.8, 4) is 0 Å². The van der Waals surface area contributed by atoms with Crippen molar-refractivity contribution in [1.29, 1.82) is 0 Å². The second-order valence-corrected chi connectivity index (χ2v) is 8.81. The van der Waals surface area contributed by atoms with E-state index in [9.17, 15) is 9.59 Å². The summed E-state index contributed by atoms with van der Waals surface area (Å²) in [6.07, 6.45) is 0. The number of amides is 2. The molecule has 1 aliphatic heterocycles. The van der Waals surface area contributed by atoms with Gasteiger partial charge >= 0.3 is 0 Å². The Kier molecular flexibility index (Phi) is 7.50. The third kappa shape index (κ3) is 5.20. The molecular formula is C22H24Cl3N3O2. The molecule has 1 heterocycles. The highest BCUT2D eigenvalue weighted by Gasteiger charge is 2.31. The summed E-state index contributed by atoms with van der Waals surface area (Å²) in [5.74, 6) is -0.488. The highest BCUT2D eigenvalue weighted by atomic mass is 35.5. The second kappa shape index (κ2) is 9.90. The topological polar surface area (TPSA) is 52.7 Å². The first-order valence-corrected chi connectivity index (χ1v) is 11.0. The van der Waals surface area contributed by atoms with E-state index < -0.39 is 6.04 Å². The Labute approximate surface area is 191 Å². The fraction of sp³-hybridized carbons (Fsp3) is 0.364. The lowest BCUT2D eigenvalue weighted by atomic mass is 10.0. The molecule has 3 rings (SSSR count). The maximum atomic E-state index is 13.2. The third-order valence-corrected chi connectivity index (χ3v) is 6.27. The van der Waals surface area contributed by atoms with Crippen LogP contribution in [-0.2, 0) is 4.79 Å². The Morgan fingerprint density at radius 3 is 2.17 bits per heavy atom. The zero-order valence-electron chi connectivity index (χ0n) is 16.9. The molecule has 0 unspecified atom stereocenters. The minimum atomic E-state index is -0.620. The van der Waals surface area contributed by atoms with Crippen LogP contribution >= 0.6 is 34.8 Å². The van der Waals surface area contributed by atoms with Crippen LogP contribution in [0.5, 0.6) is 0 Å². The van der Waals surface area contributed by atoms with E-state index in [0.29, 0.717) is 46.8 Å². The van der Waals surface area contributed by atoms with Gasteiger partial charge in [-0.25, -0.2) is 0 Å². The van der Waals surface area contributed by atoms with Crippen molar-refractivity contribution in [3.05, 3.63) is 63.1 Å². The number of carbonyl (C=O) groups is 2. The van der Waals surface area contributed by atoms with Gasteiger partial charge in [0.25, 0.3) is 5.91 Å². The van der Waals surface area contributed by atoms with Gasteiger partial charge in [-0.05, 0) is 36.2 Å². The number of anilines is 1. The number of hydrogen-bond acceptors (Lipinski definition) is 3. The summed E-state index contributed by atoms with van der Waals surface area (Å²) >= 11 is 18.3. The maximum Gasteiger partial charge on any atom is 0.253 e. The zero-order valence-corrected chi connectivity index (χ0v) is 19.1. The van der Waals surface area contributed by atoms with E-state index in [1.165, 1.54) is 0 Å². The van der Waals surface area contributed by atoms with Gasteiger partial charge in [0.05, 0.1) is 20.6 Å². The van der Waals surface area contributed by atoms with Crippen LogP contribution in [0.4, 0.5) is 5.69 Å². The first-order chi connectivity index (χ1) is 14.3. The van der Waals surface area contributed by atoms with Gasteiger partial charge in [-0.3, -0.25) is 9.59 Å². The number of piperazine rings is 1. The molecule has 8 heteroatoms. The van der Waals surface area contributed by atoms with E-state index in [1.54, 1.807) is 35.2 Å². The molecule has 1 fully saturated rings. The Bertz CT molecular complexity index is 928. The third-order valence-electron chi connectivity index (χ3n) is 5.20. The highest BCUT2D eigenvalue weighted by molar-refractivity contribution is 6.42. The summed E-state index contributed by atoms with van der Waals surface area (Å²) in [6.45, 7) is 6.30. The summed E-state index contributed by atoms with van der Waals surface area (Å²) in [6, 6.07) is 11.7. The van der Waals surface area contributed by atoms with E-state index in [2.05, 4.69) is 10.2 Å². The lowest BCUT2D eigenvalue weighted by molar-refractivity contribution is -0.134. The van der Waals surface area contributed by atoms with Crippen LogP contribution in [0.1, 0.15) is 24.2 Å². The molecular weight excluding hydrogens is 445 g/mol. The average molecular weight is 469 g/mol. The minimum absolute atomic E-state index is 0.0583. The Hall–Kier alpha value is -1.95. The molecule has 1 aliphatic rings. The fourth-order valence-electron chi connectivity index (χ4n) is 3.44. The minimum Gasteiger partial charge on any atom is -0.368 e. The van der Waals surface area contributed by atoms with Gasteiger partial charge in [-0.2, -0.15) is 0 Å². The summed E-state index contributed by atoms with van der Waals surface area (Å²) in [5.41, 5.74) is 1.34. The van der Waals surface area contributed by atoms with Crippen LogP contribution in [0.2, 0.25) is 15.1 Å². The lowest BCUT2D eigenvalue weighted by Crippen LogP contribution is -2.56. The van der Waals surface area contributed by atoms with Gasteiger partial charge in [0.1, 0.15) is 6.04 Å². The molecule has 2 aromatic rings. The number of hydrogen-bond donors (Lipinski definition) is 1. The van der Waals surface area contributed by atoms with Crippen molar-refractivity contribution >= 4 is 52.3 Å². The van der Waals surface area contributed by atoms with Gasteiger partial charge in [-0.1, -0.05) is 60.8 Å². The second-order valence-electron chi connectivity index (χ2n) is 7.59. The van der Waals surface area contributed by atoms with Crippen LogP contribution in [0, 0.1) is 5.92 Å². The van der Waals surface area contributed by atoms with Crippen molar-refractivity contribution in [2.24, 2.45) is 5.92 Å². The van der Waals surface area contributed by atoms with Crippen LogP contribution in [0.3, 0.4) is 0 Å². The number of nitrogens with one attached hydrogen (secondary N) is 1. The van der Waals surface area contributed by atoms with Crippen molar-refractivity contribution in [2.75, 3.05) is 31.1 Å². The summed E-state index contributed by atoms with van der Waals surface area (Å²) in [5, 5.41) is 4.25. The molecule has 1 saturated heterocycles. The molecule has 0 radical (unpaired) electrons. The molecule has 30 heavy (non-hydrogen) atoms. The summed E-state index contributed by atoms with van der Waals surface area (Å²) < 4.78 is 0. The molecule has 0 aromatic heterocycles. The van der Waals surface area contributed by atoms with Crippen LogP contribution < -0.4 is 10.2 Å². The van der Waals surface area contributed by atoms with Crippen LogP contribution in [0.25, 0.3) is 0 Å². The first-order valence-electron chi connectivity index (χ1n) is 9.82. The van der Waals surface area contributed by atoms with Crippen molar-refractivity contribution < 1.29 is 9.59 Å². The molecule has 5 nitrogen and oxygen atoms in total. The predicted octanol–water partition coefficient (Wildman–Crippen LogP) is 4.75. The monoisotopic (exact) mass is 467 g/mol. The lowest BCUT2D eigenvalue weighted by Gasteiger charge is -2.38. The Balaban J connectivity index is 1.64. The molecule has 1 N–H and O–H groups in total. The van der Waals surface area contributed by atoms with E-state index in [1.807, 2.05) is 26.0 Å². The summed E-state index contributed by atoms with van der Waals surface area (Å²) in [7, 11) is 0. The van der Waals surface area contributed by atoms with Gasteiger partial charge in [0.2, 0.25) is 5.91 Å². The smallest absolute Gasteiger partial charge is 0.253 e. The van der Waals surface area contributed by atoms with Crippen LogP contribution in [-0.4, -0.2) is 48.9 Å². The van der Waals surface area contributed by atoms with Crippen LogP contribution in [0.15, 0.2) is 42.5 Å². The largest absolute Gasteiger partial charge is 0.368 e. The fourth-order valence-corrected chi connectivity index (χ4v) is 3.96. The van der Waals surface area contributed by atoms with Crippen molar-refractivity contribution in [2.45, 2.75) is 19.9 Å². The van der Waals surface area contributed by atoms with E-state index in [-0.39, 0.29) is 17.7 Å². The Morgan fingerprint density at radius 1 is 0.900 bits per heavy atom. The molecule has 0 bridgehead atoms. The van der Waals surface area contributed by atoms with Gasteiger partial charge < -0.3 is 15.1 Å². The summed E-state index contributed by atoms with van der Waals surface area (Å²) in [4.78, 5) is 29.8. The molecule has 2 aromatic carbocycles. The normalized spacial score (nSPS) is 15.3. The van der Waals surface area contributed by atoms with E-state index in [4.69, 9.17) is 34.8 Å². The molecule has 0 spiro atoms. The van der Waals surface area contributed by atoms with E-state index >= 15 is 0 Å². The van der Waals surface area contributed by atoms with E-state index in [0.717, 1.165) is 5.69 Å². The van der Waals surface area contributed by atoms with Gasteiger partial charge in [0, 0.05) is 31.9 Å². The SMILES string of the molecule is CC(C)[C@@H](NC(=O)c1ccccc1Cl)C(=O)N1CCN(c2ccc(Cl)c(Cl)c2)CC1. The maximum absolute atomic E-state index is 13.2. The highest BCUT2D eigenvalue weighted by Crippen LogP contribution is 2.28. The van der Waals surface area contributed by atoms with Gasteiger partial charge in [-0.15, -0.1) is 0 Å². The van der Waals surface area contributed by atoms with Crippen molar-refractivity contribution in [1.82, 2.24) is 10.2 Å². The van der Waals surface area contributed by atoms with Crippen molar-refractivity contribution in [3.63, 3.8) is 0 Å². The number of halogens is 3. The number of rotatable bonds is 5. The average Bonchev–Trinajstić information content (AvgIpc) is 2.73. The molecule has 160 valence electrons. The molecule has 2 amide bonds. The molecule has 0 saturated carbocycles. The standard InChI is InChI=1S/C22H24Cl3N3O2/c1-14(2)20(26-21(29)16-5-3-4-6-17(16)23)22(30)28-11-9-27(10-12-28)15-7-8-18(24)19(25)13-15/h3-8,13-14,20H,9-12H2,1-2H3,(H,26,29)/t20-/m1/s1. The predicted molar refractivity (Wildman–Crippen MR) is 123 cm³/mol. The number of benzene rings is 2. The number of carbonyl (C=O) groups excluding carboxylic acids is 2. The quantitative estimate of drug-likeness (QED) is 0.689. The molecule has 0 aliphatic carbocycles. The number of nitrogens with zero attached hydrogens (tertiary/aromatic N) is 2. The Morgan fingerprint density at radius 2 is 1.57 bits per heavy atom. The first kappa shape index (κ1) is 22.7. The molecule has 1 atom stereocenters. The van der Waals surface area contributed by atoms with Gasteiger partial charge in [0.15, 0.2) is 0 Å². The zero-order chi connectivity index (χ0) is 21.8.